The second-order valence-corrected chi connectivity index (χ2v) is 3.71. The van der Waals surface area contributed by atoms with E-state index in [9.17, 15) is 0 Å². The van der Waals surface area contributed by atoms with Gasteiger partial charge in [-0.1, -0.05) is 18.2 Å². The summed E-state index contributed by atoms with van der Waals surface area (Å²) in [5.41, 5.74) is 0. The summed E-state index contributed by atoms with van der Waals surface area (Å²) in [6.45, 7) is 0. The molecule has 0 radical (unpaired) electrons. The van der Waals surface area contributed by atoms with Crippen molar-refractivity contribution < 1.29 is 17.0 Å². The first-order chi connectivity index (χ1) is 5.77. The number of pyridine rings is 1. The summed E-state index contributed by atoms with van der Waals surface area (Å²) in [6.07, 6.45) is 4.17. The summed E-state index contributed by atoms with van der Waals surface area (Å²) in [4.78, 5) is 0. The number of nitrogens with zero attached hydrogens (tertiary/aromatic N) is 1. The third-order valence-electron chi connectivity index (χ3n) is 1.88. The van der Waals surface area contributed by atoms with Gasteiger partial charge in [0.1, 0.15) is 7.05 Å². The van der Waals surface area contributed by atoms with Crippen LogP contribution in [-0.4, -0.2) is 0 Å². The SMILES string of the molecule is C[n+]1cc(Br)c2ccccc2c1.[Cl-]. The maximum atomic E-state index is 3.53. The van der Waals surface area contributed by atoms with Crippen LogP contribution in [0, 0.1) is 0 Å². The van der Waals surface area contributed by atoms with Crippen LogP contribution < -0.4 is 17.0 Å². The van der Waals surface area contributed by atoms with Crippen molar-refractivity contribution in [3.8, 4) is 0 Å². The number of benzene rings is 1. The Morgan fingerprint density at radius 3 is 2.62 bits per heavy atom. The van der Waals surface area contributed by atoms with Gasteiger partial charge in [-0.05, 0) is 22.0 Å². The Labute approximate surface area is 91.9 Å². The second-order valence-electron chi connectivity index (χ2n) is 2.86. The van der Waals surface area contributed by atoms with Gasteiger partial charge in [-0.15, -0.1) is 0 Å². The quantitative estimate of drug-likeness (QED) is 0.558. The van der Waals surface area contributed by atoms with Gasteiger partial charge < -0.3 is 12.4 Å². The number of rotatable bonds is 0. The number of aromatic nitrogens is 1. The standard InChI is InChI=1S/C10H9BrN.ClH/c1-12-6-8-4-2-3-5-9(8)10(11)7-12;/h2-7H,1H3;1H/q+1;/p-1. The molecule has 3 heteroatoms. The van der Waals surface area contributed by atoms with E-state index in [-0.39, 0.29) is 12.4 Å². The molecular weight excluding hydrogens is 249 g/mol. The van der Waals surface area contributed by atoms with Crippen LogP contribution in [0.3, 0.4) is 0 Å². The van der Waals surface area contributed by atoms with Crippen molar-refractivity contribution in [2.24, 2.45) is 7.05 Å². The highest BCUT2D eigenvalue weighted by Gasteiger charge is 2.02. The van der Waals surface area contributed by atoms with Gasteiger partial charge in [-0.25, -0.2) is 4.57 Å². The van der Waals surface area contributed by atoms with Crippen LogP contribution >= 0.6 is 15.9 Å². The summed E-state index contributed by atoms with van der Waals surface area (Å²) in [6, 6.07) is 8.32. The maximum absolute atomic E-state index is 3.53. The van der Waals surface area contributed by atoms with Gasteiger partial charge in [0.05, 0.1) is 4.47 Å². The highest BCUT2D eigenvalue weighted by atomic mass is 79.9. The number of halogens is 2. The first-order valence-corrected chi connectivity index (χ1v) is 4.60. The molecule has 1 aromatic heterocycles. The summed E-state index contributed by atoms with van der Waals surface area (Å²) in [5.74, 6) is 0. The van der Waals surface area contributed by atoms with Crippen LogP contribution in [0.4, 0.5) is 0 Å². The number of hydrogen-bond acceptors (Lipinski definition) is 0. The molecule has 0 unspecified atom stereocenters. The third kappa shape index (κ3) is 2.01. The van der Waals surface area contributed by atoms with E-state index < -0.39 is 0 Å². The summed E-state index contributed by atoms with van der Waals surface area (Å²) in [5, 5.41) is 2.52. The molecule has 0 saturated carbocycles. The zero-order chi connectivity index (χ0) is 8.55. The van der Waals surface area contributed by atoms with Crippen molar-refractivity contribution in [2.75, 3.05) is 0 Å². The first kappa shape index (κ1) is 10.5. The lowest BCUT2D eigenvalue weighted by molar-refractivity contribution is -0.670. The molecule has 1 heterocycles. The van der Waals surface area contributed by atoms with Gasteiger partial charge in [0.2, 0.25) is 0 Å². The van der Waals surface area contributed by atoms with Crippen LogP contribution in [0.1, 0.15) is 0 Å². The molecule has 2 rings (SSSR count). The zero-order valence-electron chi connectivity index (χ0n) is 7.17. The predicted molar refractivity (Wildman–Crippen MR) is 52.8 cm³/mol. The molecule has 1 aromatic carbocycles. The van der Waals surface area contributed by atoms with Gasteiger partial charge >= 0.3 is 0 Å². The molecule has 0 amide bonds. The van der Waals surface area contributed by atoms with Gasteiger partial charge in [-0.2, -0.15) is 0 Å². The maximum Gasteiger partial charge on any atom is 0.183 e. The van der Waals surface area contributed by atoms with E-state index in [0.29, 0.717) is 0 Å². The second kappa shape index (κ2) is 4.07. The smallest absolute Gasteiger partial charge is 0.183 e. The van der Waals surface area contributed by atoms with Gasteiger partial charge in [0.25, 0.3) is 0 Å². The summed E-state index contributed by atoms with van der Waals surface area (Å²) >= 11 is 3.53. The van der Waals surface area contributed by atoms with Gasteiger partial charge in [0, 0.05) is 10.8 Å². The largest absolute Gasteiger partial charge is 1.00 e. The van der Waals surface area contributed by atoms with Crippen molar-refractivity contribution in [1.82, 2.24) is 0 Å². The molecule has 0 N–H and O–H groups in total. The number of fused-ring (bicyclic) bond motifs is 1. The Morgan fingerprint density at radius 2 is 1.85 bits per heavy atom. The zero-order valence-corrected chi connectivity index (χ0v) is 9.51. The van der Waals surface area contributed by atoms with Crippen molar-refractivity contribution in [2.45, 2.75) is 0 Å². The lowest BCUT2D eigenvalue weighted by Crippen LogP contribution is -3.00. The Kier molecular flexibility index (Phi) is 3.28. The Morgan fingerprint density at radius 1 is 1.15 bits per heavy atom. The molecule has 0 spiro atoms. The van der Waals surface area contributed by atoms with Crippen LogP contribution in [0.2, 0.25) is 0 Å². The van der Waals surface area contributed by atoms with Crippen LogP contribution in [0.25, 0.3) is 10.8 Å². The van der Waals surface area contributed by atoms with Crippen LogP contribution in [0.5, 0.6) is 0 Å². The van der Waals surface area contributed by atoms with Crippen LogP contribution in [0.15, 0.2) is 41.1 Å². The normalized spacial score (nSPS) is 9.69. The fourth-order valence-corrected chi connectivity index (χ4v) is 2.02. The van der Waals surface area contributed by atoms with Crippen LogP contribution in [-0.2, 0) is 7.05 Å². The molecular formula is C10H9BrClN. The fourth-order valence-electron chi connectivity index (χ4n) is 1.33. The molecule has 0 aliphatic heterocycles. The molecule has 0 aliphatic carbocycles. The molecule has 0 atom stereocenters. The van der Waals surface area contributed by atoms with E-state index >= 15 is 0 Å². The van der Waals surface area contributed by atoms with Crippen molar-refractivity contribution >= 4 is 26.7 Å². The summed E-state index contributed by atoms with van der Waals surface area (Å²) < 4.78 is 3.19. The fraction of sp³-hybridized carbons (Fsp3) is 0.100. The van der Waals surface area contributed by atoms with E-state index in [0.717, 1.165) is 4.47 Å². The van der Waals surface area contributed by atoms with E-state index in [1.54, 1.807) is 0 Å². The topological polar surface area (TPSA) is 3.88 Å². The minimum Gasteiger partial charge on any atom is -1.00 e. The molecule has 1 nitrogen and oxygen atoms in total. The highest BCUT2D eigenvalue weighted by molar-refractivity contribution is 9.10. The van der Waals surface area contributed by atoms with Gasteiger partial charge in [-0.3, -0.25) is 0 Å². The lowest BCUT2D eigenvalue weighted by Gasteiger charge is -1.96. The van der Waals surface area contributed by atoms with E-state index in [4.69, 9.17) is 0 Å². The average molecular weight is 259 g/mol. The predicted octanol–water partition coefficient (Wildman–Crippen LogP) is -0.569. The van der Waals surface area contributed by atoms with Gasteiger partial charge in [0.15, 0.2) is 12.4 Å². The molecule has 0 bridgehead atoms. The monoisotopic (exact) mass is 257 g/mol. The molecule has 0 fully saturated rings. The van der Waals surface area contributed by atoms with E-state index in [1.807, 2.05) is 17.7 Å². The Hall–Kier alpha value is -0.600. The first-order valence-electron chi connectivity index (χ1n) is 3.81. The molecule has 2 aromatic rings. The minimum atomic E-state index is 0. The summed E-state index contributed by atoms with van der Waals surface area (Å²) in [7, 11) is 2.02. The van der Waals surface area contributed by atoms with E-state index in [1.165, 1.54) is 10.8 Å². The van der Waals surface area contributed by atoms with E-state index in [2.05, 4.69) is 46.5 Å². The number of aryl methyl sites for hydroxylation is 1. The molecule has 68 valence electrons. The highest BCUT2D eigenvalue weighted by Crippen LogP contribution is 2.20. The third-order valence-corrected chi connectivity index (χ3v) is 2.51. The Bertz CT molecular complexity index is 428. The van der Waals surface area contributed by atoms with Crippen molar-refractivity contribution in [3.63, 3.8) is 0 Å². The minimum absolute atomic E-state index is 0. The Balaban J connectivity index is 0.000000845. The average Bonchev–Trinajstić information content (AvgIpc) is 2.04. The molecule has 0 aliphatic rings. The van der Waals surface area contributed by atoms with Crippen molar-refractivity contribution in [1.29, 1.82) is 0 Å². The molecule has 13 heavy (non-hydrogen) atoms. The van der Waals surface area contributed by atoms with Crippen molar-refractivity contribution in [3.05, 3.63) is 41.1 Å². The molecule has 0 saturated heterocycles. The number of hydrogen-bond donors (Lipinski definition) is 0. The lowest BCUT2D eigenvalue weighted by atomic mass is 10.2.